The summed E-state index contributed by atoms with van der Waals surface area (Å²) in [5.41, 5.74) is 0.956. The number of aliphatic hydroxyl groups is 1. The van der Waals surface area contributed by atoms with Gasteiger partial charge < -0.3 is 14.7 Å². The highest BCUT2D eigenvalue weighted by molar-refractivity contribution is 9.10. The molecule has 21 heavy (non-hydrogen) atoms. The van der Waals surface area contributed by atoms with Crippen molar-refractivity contribution >= 4 is 15.9 Å². The zero-order valence-corrected chi connectivity index (χ0v) is 14.8. The van der Waals surface area contributed by atoms with Crippen LogP contribution in [0.25, 0.3) is 0 Å². The minimum Gasteiger partial charge on any atom is -0.496 e. The molecule has 1 aliphatic rings. The van der Waals surface area contributed by atoms with Crippen molar-refractivity contribution in [3.05, 3.63) is 28.2 Å². The lowest BCUT2D eigenvalue weighted by Gasteiger charge is -2.46. The Kier molecular flexibility index (Phi) is 5.69. The van der Waals surface area contributed by atoms with Crippen LogP contribution in [0.2, 0.25) is 0 Å². The molecule has 1 aromatic rings. The first-order valence-corrected chi connectivity index (χ1v) is 8.47. The smallest absolute Gasteiger partial charge is 0.122 e. The molecule has 1 aliphatic carbocycles. The van der Waals surface area contributed by atoms with Gasteiger partial charge in [0.05, 0.1) is 13.2 Å². The van der Waals surface area contributed by atoms with Crippen LogP contribution in [-0.2, 0) is 6.42 Å². The number of aliphatic hydroxyl groups excluding tert-OH is 1. The number of benzene rings is 1. The van der Waals surface area contributed by atoms with E-state index >= 15 is 0 Å². The van der Waals surface area contributed by atoms with Crippen molar-refractivity contribution in [3.63, 3.8) is 0 Å². The second kappa shape index (κ2) is 7.12. The number of halogens is 1. The topological polar surface area (TPSA) is 32.7 Å². The Labute approximate surface area is 136 Å². The second-order valence-corrected chi connectivity index (χ2v) is 7.15. The monoisotopic (exact) mass is 355 g/mol. The van der Waals surface area contributed by atoms with Crippen LogP contribution in [0.5, 0.6) is 5.75 Å². The maximum absolute atomic E-state index is 10.9. The van der Waals surface area contributed by atoms with Crippen LogP contribution in [0.3, 0.4) is 0 Å². The van der Waals surface area contributed by atoms with E-state index < -0.39 is 0 Å². The highest BCUT2D eigenvalue weighted by Gasteiger charge is 2.41. The second-order valence-electron chi connectivity index (χ2n) is 6.23. The van der Waals surface area contributed by atoms with E-state index in [0.717, 1.165) is 28.6 Å². The zero-order chi connectivity index (χ0) is 15.5. The maximum atomic E-state index is 10.9. The number of methoxy groups -OCH3 is 1. The number of hydrogen-bond donors (Lipinski definition) is 1. The van der Waals surface area contributed by atoms with Crippen LogP contribution >= 0.6 is 15.9 Å². The van der Waals surface area contributed by atoms with Gasteiger partial charge in [-0.3, -0.25) is 0 Å². The lowest BCUT2D eigenvalue weighted by atomic mass is 9.75. The van der Waals surface area contributed by atoms with Crippen molar-refractivity contribution in [1.82, 2.24) is 4.90 Å². The van der Waals surface area contributed by atoms with Gasteiger partial charge in [-0.1, -0.05) is 35.2 Å². The minimum absolute atomic E-state index is 0.106. The Morgan fingerprint density at radius 3 is 2.52 bits per heavy atom. The number of hydrogen-bond acceptors (Lipinski definition) is 3. The van der Waals surface area contributed by atoms with Gasteiger partial charge in [-0.2, -0.15) is 0 Å². The fourth-order valence-electron chi connectivity index (χ4n) is 3.55. The Balaban J connectivity index is 2.22. The summed E-state index contributed by atoms with van der Waals surface area (Å²) >= 11 is 3.51. The van der Waals surface area contributed by atoms with Gasteiger partial charge in [-0.05, 0) is 50.7 Å². The van der Waals surface area contributed by atoms with Crippen LogP contribution in [0, 0.1) is 0 Å². The average Bonchev–Trinajstić information content (AvgIpc) is 2.48. The molecule has 3 nitrogen and oxygen atoms in total. The van der Waals surface area contributed by atoms with Gasteiger partial charge in [-0.25, -0.2) is 0 Å². The molecule has 1 saturated carbocycles. The van der Waals surface area contributed by atoms with Crippen molar-refractivity contribution < 1.29 is 9.84 Å². The SMILES string of the molecule is COc1ccc(Br)cc1CC(O)C1(N(C)C)CCCCC1. The average molecular weight is 356 g/mol. The molecule has 0 aromatic heterocycles. The molecule has 4 heteroatoms. The summed E-state index contributed by atoms with van der Waals surface area (Å²) in [4.78, 5) is 2.22. The summed E-state index contributed by atoms with van der Waals surface area (Å²) in [5.74, 6) is 0.849. The standard InChI is InChI=1S/C17H26BrNO2/c1-19(2)17(9-5-4-6-10-17)16(20)12-13-11-14(18)7-8-15(13)21-3/h7-8,11,16,20H,4-6,9-10,12H2,1-3H3. The highest BCUT2D eigenvalue weighted by Crippen LogP contribution is 2.37. The molecule has 1 atom stereocenters. The third-order valence-electron chi connectivity index (χ3n) is 4.89. The summed E-state index contributed by atoms with van der Waals surface area (Å²) in [6, 6.07) is 5.97. The van der Waals surface area contributed by atoms with Crippen molar-refractivity contribution in [2.45, 2.75) is 50.2 Å². The first-order chi connectivity index (χ1) is 9.99. The molecule has 0 spiro atoms. The Bertz CT molecular complexity index is 470. The number of rotatable bonds is 5. The fourth-order valence-corrected chi connectivity index (χ4v) is 3.96. The molecular weight excluding hydrogens is 330 g/mol. The molecule has 0 bridgehead atoms. The van der Waals surface area contributed by atoms with E-state index in [9.17, 15) is 5.11 Å². The molecule has 0 amide bonds. The van der Waals surface area contributed by atoms with Gasteiger partial charge in [0.1, 0.15) is 5.75 Å². The van der Waals surface area contributed by atoms with Crippen LogP contribution < -0.4 is 4.74 Å². The van der Waals surface area contributed by atoms with E-state index in [1.54, 1.807) is 7.11 Å². The largest absolute Gasteiger partial charge is 0.496 e. The van der Waals surface area contributed by atoms with E-state index in [0.29, 0.717) is 6.42 Å². The van der Waals surface area contributed by atoms with Gasteiger partial charge in [-0.15, -0.1) is 0 Å². The quantitative estimate of drug-likeness (QED) is 0.875. The fraction of sp³-hybridized carbons (Fsp3) is 0.647. The first kappa shape index (κ1) is 16.8. The molecule has 1 N–H and O–H groups in total. The van der Waals surface area contributed by atoms with Gasteiger partial charge in [0.15, 0.2) is 0 Å². The molecule has 0 saturated heterocycles. The molecule has 2 rings (SSSR count). The first-order valence-electron chi connectivity index (χ1n) is 7.67. The predicted octanol–water partition coefficient (Wildman–Crippen LogP) is 3.63. The summed E-state index contributed by atoms with van der Waals surface area (Å²) in [6.07, 6.45) is 6.06. The predicted molar refractivity (Wildman–Crippen MR) is 89.9 cm³/mol. The van der Waals surface area contributed by atoms with Gasteiger partial charge >= 0.3 is 0 Å². The normalized spacial score (nSPS) is 19.5. The van der Waals surface area contributed by atoms with Gasteiger partial charge in [0.25, 0.3) is 0 Å². The van der Waals surface area contributed by atoms with Crippen molar-refractivity contribution in [2.24, 2.45) is 0 Å². The molecule has 1 unspecified atom stereocenters. The number of ether oxygens (including phenoxy) is 1. The van der Waals surface area contributed by atoms with Crippen LogP contribution in [0.15, 0.2) is 22.7 Å². The molecule has 0 radical (unpaired) electrons. The van der Waals surface area contributed by atoms with Crippen LogP contribution in [0.1, 0.15) is 37.7 Å². The maximum Gasteiger partial charge on any atom is 0.122 e. The summed E-state index contributed by atoms with van der Waals surface area (Å²) < 4.78 is 6.46. The molecular formula is C17H26BrNO2. The zero-order valence-electron chi connectivity index (χ0n) is 13.2. The lowest BCUT2D eigenvalue weighted by molar-refractivity contribution is -0.0312. The van der Waals surface area contributed by atoms with E-state index in [1.165, 1.54) is 19.3 Å². The van der Waals surface area contributed by atoms with E-state index in [4.69, 9.17) is 4.74 Å². The summed E-state index contributed by atoms with van der Waals surface area (Å²) in [7, 11) is 5.86. The summed E-state index contributed by atoms with van der Waals surface area (Å²) in [6.45, 7) is 0. The van der Waals surface area contributed by atoms with Gasteiger partial charge in [0.2, 0.25) is 0 Å². The highest BCUT2D eigenvalue weighted by atomic mass is 79.9. The molecule has 1 aromatic carbocycles. The van der Waals surface area contributed by atoms with Crippen molar-refractivity contribution in [2.75, 3.05) is 21.2 Å². The van der Waals surface area contributed by atoms with Crippen molar-refractivity contribution in [1.29, 1.82) is 0 Å². The third kappa shape index (κ3) is 3.61. The molecule has 1 fully saturated rings. The lowest BCUT2D eigenvalue weighted by Crippen LogP contribution is -2.55. The van der Waals surface area contributed by atoms with Crippen LogP contribution in [-0.4, -0.2) is 42.9 Å². The van der Waals surface area contributed by atoms with E-state index in [2.05, 4.69) is 34.9 Å². The van der Waals surface area contributed by atoms with E-state index in [1.807, 2.05) is 18.2 Å². The van der Waals surface area contributed by atoms with Crippen LogP contribution in [0.4, 0.5) is 0 Å². The minimum atomic E-state index is -0.379. The van der Waals surface area contributed by atoms with Gasteiger partial charge in [0, 0.05) is 16.4 Å². The molecule has 0 aliphatic heterocycles. The Morgan fingerprint density at radius 2 is 1.95 bits per heavy atom. The molecule has 0 heterocycles. The number of likely N-dealkylation sites (N-methyl/N-ethyl adjacent to an activating group) is 1. The Hall–Kier alpha value is -0.580. The van der Waals surface area contributed by atoms with E-state index in [-0.39, 0.29) is 11.6 Å². The number of nitrogens with zero attached hydrogens (tertiary/aromatic N) is 1. The summed E-state index contributed by atoms with van der Waals surface area (Å²) in [5, 5.41) is 10.9. The van der Waals surface area contributed by atoms with Crippen molar-refractivity contribution in [3.8, 4) is 5.75 Å². The molecule has 118 valence electrons. The Morgan fingerprint density at radius 1 is 1.29 bits per heavy atom. The third-order valence-corrected chi connectivity index (χ3v) is 5.38.